The van der Waals surface area contributed by atoms with Gasteiger partial charge in [-0.15, -0.1) is 0 Å². The van der Waals surface area contributed by atoms with Crippen molar-refractivity contribution < 1.29 is 13.3 Å². The van der Waals surface area contributed by atoms with Crippen LogP contribution in [-0.2, 0) is 13.3 Å². The van der Waals surface area contributed by atoms with Crippen LogP contribution in [0.4, 0.5) is 0 Å². The first-order valence-corrected chi connectivity index (χ1v) is 14.4. The summed E-state index contributed by atoms with van der Waals surface area (Å²) in [5, 5.41) is 0. The zero-order valence-electron chi connectivity index (χ0n) is 15.3. The van der Waals surface area contributed by atoms with Crippen molar-refractivity contribution in [1.29, 1.82) is 0 Å². The summed E-state index contributed by atoms with van der Waals surface area (Å²) in [5.41, 5.74) is 0. The van der Waals surface area contributed by atoms with Gasteiger partial charge < -0.3 is 13.3 Å². The van der Waals surface area contributed by atoms with E-state index in [-0.39, 0.29) is 0 Å². The molecule has 0 aromatic rings. The second-order valence-corrected chi connectivity index (χ2v) is 15.3. The van der Waals surface area contributed by atoms with Crippen LogP contribution in [0.25, 0.3) is 0 Å². The normalized spacial score (nSPS) is 12.9. The average molecular weight is 335 g/mol. The lowest BCUT2D eigenvalue weighted by Crippen LogP contribution is -2.46. The Balaban J connectivity index is 4.48. The molecule has 0 aliphatic heterocycles. The third-order valence-electron chi connectivity index (χ3n) is 3.24. The van der Waals surface area contributed by atoms with E-state index in [2.05, 4.69) is 40.4 Å². The van der Waals surface area contributed by atoms with Gasteiger partial charge in [0.25, 0.3) is 0 Å². The van der Waals surface area contributed by atoms with E-state index in [1.807, 2.05) is 0 Å². The van der Waals surface area contributed by atoms with E-state index in [1.165, 1.54) is 18.9 Å². The predicted octanol–water partition coefficient (Wildman–Crippen LogP) is 5.32. The first-order chi connectivity index (χ1) is 9.89. The van der Waals surface area contributed by atoms with E-state index in [0.717, 1.165) is 45.1 Å². The predicted molar refractivity (Wildman–Crippen MR) is 96.7 cm³/mol. The van der Waals surface area contributed by atoms with Gasteiger partial charge in [0.15, 0.2) is 0 Å². The van der Waals surface area contributed by atoms with Gasteiger partial charge in [-0.3, -0.25) is 0 Å². The van der Waals surface area contributed by atoms with Crippen LogP contribution in [0.15, 0.2) is 0 Å². The van der Waals surface area contributed by atoms with E-state index < -0.39 is 16.9 Å². The number of hydrogen-bond donors (Lipinski definition) is 0. The third-order valence-corrected chi connectivity index (χ3v) is 7.99. The lowest BCUT2D eigenvalue weighted by atomic mass is 10.4. The maximum Gasteiger partial charge on any atom is 0.500 e. The number of rotatable bonds is 14. The minimum atomic E-state index is -2.44. The van der Waals surface area contributed by atoms with Crippen LogP contribution in [0.3, 0.4) is 0 Å². The molecule has 0 aromatic carbocycles. The molecule has 0 aromatic heterocycles. The summed E-state index contributed by atoms with van der Waals surface area (Å²) in [4.78, 5) is 0. The fraction of sp³-hybridized carbons (Fsp3) is 1.00. The summed E-state index contributed by atoms with van der Waals surface area (Å²) >= 11 is 0. The van der Waals surface area contributed by atoms with Crippen LogP contribution in [0.2, 0.25) is 31.7 Å². The molecule has 0 bridgehead atoms. The van der Waals surface area contributed by atoms with Gasteiger partial charge in [-0.05, 0) is 25.7 Å². The van der Waals surface area contributed by atoms with Crippen molar-refractivity contribution in [2.45, 2.75) is 84.6 Å². The third kappa shape index (κ3) is 11.5. The molecule has 0 fully saturated rings. The molecule has 128 valence electrons. The zero-order valence-corrected chi connectivity index (χ0v) is 17.3. The van der Waals surface area contributed by atoms with Crippen molar-refractivity contribution in [3.8, 4) is 0 Å². The van der Waals surface area contributed by atoms with Gasteiger partial charge in [-0.1, -0.05) is 52.9 Å². The van der Waals surface area contributed by atoms with E-state index >= 15 is 0 Å². The van der Waals surface area contributed by atoms with Crippen LogP contribution in [0.1, 0.15) is 52.9 Å². The maximum absolute atomic E-state index is 6.12. The van der Waals surface area contributed by atoms with Gasteiger partial charge in [0, 0.05) is 33.9 Å². The van der Waals surface area contributed by atoms with Crippen LogP contribution in [0.5, 0.6) is 0 Å². The molecule has 3 nitrogen and oxygen atoms in total. The molecular weight excluding hydrogens is 296 g/mol. The van der Waals surface area contributed by atoms with Crippen molar-refractivity contribution in [3.05, 3.63) is 0 Å². The molecule has 0 atom stereocenters. The molecule has 0 unspecified atom stereocenters. The van der Waals surface area contributed by atoms with E-state index in [0.29, 0.717) is 0 Å². The number of hydrogen-bond acceptors (Lipinski definition) is 3. The quantitative estimate of drug-likeness (QED) is 0.318. The number of unbranched alkanes of at least 4 members (excludes halogenated alkanes) is 1. The molecule has 0 aliphatic rings. The Labute approximate surface area is 135 Å². The van der Waals surface area contributed by atoms with Crippen molar-refractivity contribution >= 4 is 16.9 Å². The molecule has 0 heterocycles. The molecule has 21 heavy (non-hydrogen) atoms. The lowest BCUT2D eigenvalue weighted by molar-refractivity contribution is 0.0587. The molecule has 0 radical (unpaired) electrons. The van der Waals surface area contributed by atoms with Crippen molar-refractivity contribution in [1.82, 2.24) is 0 Å². The summed E-state index contributed by atoms with van der Waals surface area (Å²) < 4.78 is 18.4. The smallest absolute Gasteiger partial charge is 0.373 e. The highest BCUT2D eigenvalue weighted by Gasteiger charge is 2.40. The first kappa shape index (κ1) is 21.3. The average Bonchev–Trinajstić information content (AvgIpc) is 2.43. The second kappa shape index (κ2) is 11.8. The Morgan fingerprint density at radius 2 is 1.00 bits per heavy atom. The largest absolute Gasteiger partial charge is 0.500 e. The van der Waals surface area contributed by atoms with E-state index in [9.17, 15) is 0 Å². The van der Waals surface area contributed by atoms with Gasteiger partial charge in [0.05, 0.1) is 0 Å². The summed E-state index contributed by atoms with van der Waals surface area (Å²) in [6, 6.07) is 2.37. The van der Waals surface area contributed by atoms with Crippen LogP contribution in [-0.4, -0.2) is 36.7 Å². The summed E-state index contributed by atoms with van der Waals surface area (Å²) in [5.74, 6) is 0. The topological polar surface area (TPSA) is 27.7 Å². The molecule has 0 N–H and O–H groups in total. The van der Waals surface area contributed by atoms with Crippen LogP contribution >= 0.6 is 0 Å². The Morgan fingerprint density at radius 3 is 1.33 bits per heavy atom. The van der Waals surface area contributed by atoms with Gasteiger partial charge in [0.1, 0.15) is 0 Å². The van der Waals surface area contributed by atoms with E-state index in [4.69, 9.17) is 13.3 Å². The van der Waals surface area contributed by atoms with Crippen molar-refractivity contribution in [3.63, 3.8) is 0 Å². The van der Waals surface area contributed by atoms with Gasteiger partial charge in [-0.2, -0.15) is 0 Å². The molecule has 0 spiro atoms. The van der Waals surface area contributed by atoms with Gasteiger partial charge in [-0.25, -0.2) is 0 Å². The van der Waals surface area contributed by atoms with Crippen molar-refractivity contribution in [2.24, 2.45) is 0 Å². The molecule has 0 amide bonds. The molecular formula is C16H38O3Si2. The monoisotopic (exact) mass is 334 g/mol. The Morgan fingerprint density at radius 1 is 0.619 bits per heavy atom. The Kier molecular flexibility index (Phi) is 12.0. The van der Waals surface area contributed by atoms with Gasteiger partial charge >= 0.3 is 8.80 Å². The van der Waals surface area contributed by atoms with Gasteiger partial charge in [0.2, 0.25) is 0 Å². The van der Waals surface area contributed by atoms with E-state index in [1.54, 1.807) is 0 Å². The fourth-order valence-electron chi connectivity index (χ4n) is 2.11. The Bertz CT molecular complexity index is 220. The molecule has 0 aliphatic carbocycles. The summed E-state index contributed by atoms with van der Waals surface area (Å²) in [6.07, 6.45) is 5.52. The standard InChI is InChI=1S/C16H38O3Si2/c1-7-12-17-21(18-13-8-2,19-14-9-3)16-11-10-15-20(4,5)6/h7-16H2,1-6H3. The summed E-state index contributed by atoms with van der Waals surface area (Å²) in [6.45, 7) is 16.0. The molecule has 0 saturated carbocycles. The zero-order chi connectivity index (χ0) is 16.2. The SMILES string of the molecule is CCCO[Si](CCCC[Si](C)(C)C)(OCCC)OCCC. The highest BCUT2D eigenvalue weighted by Crippen LogP contribution is 2.23. The first-order valence-electron chi connectivity index (χ1n) is 8.81. The highest BCUT2D eigenvalue weighted by molar-refractivity contribution is 6.76. The fourth-order valence-corrected chi connectivity index (χ4v) is 6.33. The molecule has 0 saturated heterocycles. The lowest BCUT2D eigenvalue weighted by Gasteiger charge is -2.30. The molecule has 0 rings (SSSR count). The Hall–Kier alpha value is 0.314. The molecule has 5 heteroatoms. The minimum Gasteiger partial charge on any atom is -0.373 e. The van der Waals surface area contributed by atoms with Crippen LogP contribution in [0, 0.1) is 0 Å². The second-order valence-electron chi connectivity index (χ2n) is 7.00. The summed E-state index contributed by atoms with van der Waals surface area (Å²) in [7, 11) is -3.38. The van der Waals surface area contributed by atoms with Crippen molar-refractivity contribution in [2.75, 3.05) is 19.8 Å². The van der Waals surface area contributed by atoms with Crippen LogP contribution < -0.4 is 0 Å². The minimum absolute atomic E-state index is 0.758. The maximum atomic E-state index is 6.12. The highest BCUT2D eigenvalue weighted by atomic mass is 28.4.